The monoisotopic (exact) mass is 381 g/mol. The summed E-state index contributed by atoms with van der Waals surface area (Å²) in [4.78, 5) is 14.3. The fourth-order valence-corrected chi connectivity index (χ4v) is 2.76. The zero-order chi connectivity index (χ0) is 14.3. The maximum Gasteiger partial charge on any atom is 0.269 e. The van der Waals surface area contributed by atoms with Crippen LogP contribution in [0.1, 0.15) is 0 Å². The van der Waals surface area contributed by atoms with Crippen LogP contribution in [-0.2, 0) is 0 Å². The van der Waals surface area contributed by atoms with Gasteiger partial charge in [-0.1, -0.05) is 0 Å². The third-order valence-electron chi connectivity index (χ3n) is 2.88. The lowest BCUT2D eigenvalue weighted by Crippen LogP contribution is -1.97. The number of nitrogens with zero attached hydrogens (tertiary/aromatic N) is 4. The smallest absolute Gasteiger partial charge is 0.269 e. The molecule has 2 aromatic heterocycles. The highest BCUT2D eigenvalue weighted by Gasteiger charge is 2.13. The molecule has 0 saturated heterocycles. The molecular formula is C12H8IN5O2. The number of non-ortho nitro benzene ring substituents is 1. The van der Waals surface area contributed by atoms with E-state index in [2.05, 4.69) is 32.7 Å². The Labute approximate surface area is 126 Å². The van der Waals surface area contributed by atoms with Gasteiger partial charge in [-0.25, -0.2) is 4.68 Å². The fourth-order valence-electron chi connectivity index (χ4n) is 1.95. The van der Waals surface area contributed by atoms with Crippen molar-refractivity contribution in [2.45, 2.75) is 0 Å². The van der Waals surface area contributed by atoms with Gasteiger partial charge in [0.25, 0.3) is 5.69 Å². The van der Waals surface area contributed by atoms with Crippen molar-refractivity contribution < 1.29 is 4.92 Å². The lowest BCUT2D eigenvalue weighted by Gasteiger charge is -2.03. The quantitative estimate of drug-likeness (QED) is 0.418. The molecule has 3 rings (SSSR count). The Hall–Kier alpha value is -2.23. The summed E-state index contributed by atoms with van der Waals surface area (Å²) in [7, 11) is 0. The molecule has 7 nitrogen and oxygen atoms in total. The topological polar surface area (TPSA) is 99.9 Å². The second-order valence-corrected chi connectivity index (χ2v) is 5.12. The van der Waals surface area contributed by atoms with Crippen molar-refractivity contribution >= 4 is 44.9 Å². The Morgan fingerprint density at radius 1 is 1.25 bits per heavy atom. The van der Waals surface area contributed by atoms with Gasteiger partial charge in [-0.05, 0) is 34.7 Å². The zero-order valence-corrected chi connectivity index (χ0v) is 12.2. The van der Waals surface area contributed by atoms with E-state index in [-0.39, 0.29) is 5.69 Å². The summed E-state index contributed by atoms with van der Waals surface area (Å²) in [6, 6.07) is 6.17. The summed E-state index contributed by atoms with van der Waals surface area (Å²) in [5.41, 5.74) is 7.98. The van der Waals surface area contributed by atoms with Crippen LogP contribution in [0.4, 0.5) is 11.4 Å². The van der Waals surface area contributed by atoms with Crippen molar-refractivity contribution in [2.24, 2.45) is 0 Å². The Morgan fingerprint density at radius 3 is 2.60 bits per heavy atom. The van der Waals surface area contributed by atoms with E-state index in [0.717, 1.165) is 20.3 Å². The summed E-state index contributed by atoms with van der Waals surface area (Å²) >= 11 is 2.10. The van der Waals surface area contributed by atoms with Crippen molar-refractivity contribution in [1.29, 1.82) is 0 Å². The first-order valence-electron chi connectivity index (χ1n) is 5.60. The highest BCUT2D eigenvalue weighted by Crippen LogP contribution is 2.27. The van der Waals surface area contributed by atoms with E-state index < -0.39 is 4.92 Å². The minimum absolute atomic E-state index is 0.0394. The predicted molar refractivity (Wildman–Crippen MR) is 82.6 cm³/mol. The van der Waals surface area contributed by atoms with Crippen molar-refractivity contribution in [1.82, 2.24) is 14.8 Å². The van der Waals surface area contributed by atoms with Crippen LogP contribution in [0.2, 0.25) is 0 Å². The normalized spacial score (nSPS) is 10.8. The average Bonchev–Trinajstić information content (AvgIpc) is 2.77. The number of hydrogen-bond donors (Lipinski definition) is 1. The molecule has 0 aliphatic carbocycles. The fraction of sp³-hybridized carbons (Fsp3) is 0. The molecule has 0 aliphatic heterocycles. The second kappa shape index (κ2) is 4.71. The second-order valence-electron chi connectivity index (χ2n) is 4.10. The number of fused-ring (bicyclic) bond motifs is 1. The number of nitro benzene ring substituents is 1. The summed E-state index contributed by atoms with van der Waals surface area (Å²) in [5.74, 6) is 0. The lowest BCUT2D eigenvalue weighted by atomic mass is 10.2. The SMILES string of the molecule is Nc1cncc2c1c(I)nn2-c1ccc([N+](=O)[O-])cc1. The maximum absolute atomic E-state index is 10.7. The number of nitrogens with two attached hydrogens (primary N) is 1. The van der Waals surface area contributed by atoms with Gasteiger partial charge >= 0.3 is 0 Å². The first-order chi connectivity index (χ1) is 9.58. The molecule has 0 bridgehead atoms. The highest BCUT2D eigenvalue weighted by atomic mass is 127. The van der Waals surface area contributed by atoms with Gasteiger partial charge in [0.15, 0.2) is 0 Å². The van der Waals surface area contributed by atoms with Gasteiger partial charge in [0.05, 0.1) is 39.6 Å². The molecule has 0 unspecified atom stereocenters. The van der Waals surface area contributed by atoms with Gasteiger partial charge in [-0.3, -0.25) is 15.1 Å². The van der Waals surface area contributed by atoms with Crippen molar-refractivity contribution in [3.63, 3.8) is 0 Å². The van der Waals surface area contributed by atoms with E-state index in [1.54, 1.807) is 29.2 Å². The van der Waals surface area contributed by atoms with Crippen LogP contribution >= 0.6 is 22.6 Å². The Morgan fingerprint density at radius 2 is 1.95 bits per heavy atom. The summed E-state index contributed by atoms with van der Waals surface area (Å²) < 4.78 is 2.43. The number of nitro groups is 1. The van der Waals surface area contributed by atoms with E-state index in [4.69, 9.17) is 5.73 Å². The molecule has 0 atom stereocenters. The molecule has 3 aromatic rings. The van der Waals surface area contributed by atoms with Gasteiger partial charge in [0, 0.05) is 12.1 Å². The third-order valence-corrected chi connectivity index (χ3v) is 3.64. The minimum atomic E-state index is -0.436. The van der Waals surface area contributed by atoms with E-state index in [0.29, 0.717) is 5.69 Å². The van der Waals surface area contributed by atoms with Crippen LogP contribution in [0.5, 0.6) is 0 Å². The molecule has 0 amide bonds. The van der Waals surface area contributed by atoms with Crippen LogP contribution in [0.25, 0.3) is 16.6 Å². The Bertz CT molecular complexity index is 813. The molecule has 0 radical (unpaired) electrons. The molecular weight excluding hydrogens is 373 g/mol. The van der Waals surface area contributed by atoms with Crippen LogP contribution in [0.15, 0.2) is 36.7 Å². The molecule has 0 spiro atoms. The van der Waals surface area contributed by atoms with Crippen LogP contribution in [0, 0.1) is 13.8 Å². The highest BCUT2D eigenvalue weighted by molar-refractivity contribution is 14.1. The summed E-state index contributed by atoms with van der Waals surface area (Å²) in [6.45, 7) is 0. The number of hydrogen-bond acceptors (Lipinski definition) is 5. The molecule has 2 N–H and O–H groups in total. The molecule has 0 aliphatic rings. The Kier molecular flexibility index (Phi) is 3.01. The number of pyridine rings is 1. The summed E-state index contributed by atoms with van der Waals surface area (Å²) in [5, 5.41) is 15.9. The van der Waals surface area contributed by atoms with Gasteiger partial charge in [-0.15, -0.1) is 0 Å². The Balaban J connectivity index is 2.20. The predicted octanol–water partition coefficient (Wildman–Crippen LogP) is 2.52. The average molecular weight is 381 g/mol. The van der Waals surface area contributed by atoms with Crippen LogP contribution < -0.4 is 5.73 Å². The van der Waals surface area contributed by atoms with Crippen molar-refractivity contribution in [3.8, 4) is 5.69 Å². The van der Waals surface area contributed by atoms with E-state index >= 15 is 0 Å². The van der Waals surface area contributed by atoms with E-state index in [1.165, 1.54) is 12.1 Å². The first kappa shape index (κ1) is 12.8. The number of benzene rings is 1. The molecule has 8 heteroatoms. The van der Waals surface area contributed by atoms with Crippen molar-refractivity contribution in [2.75, 3.05) is 5.73 Å². The molecule has 0 saturated carbocycles. The van der Waals surface area contributed by atoms with Gasteiger partial charge in [0.1, 0.15) is 3.70 Å². The maximum atomic E-state index is 10.7. The number of anilines is 1. The molecule has 20 heavy (non-hydrogen) atoms. The number of halogens is 1. The molecule has 0 fully saturated rings. The van der Waals surface area contributed by atoms with Gasteiger partial charge in [-0.2, -0.15) is 5.10 Å². The largest absolute Gasteiger partial charge is 0.397 e. The number of aromatic nitrogens is 3. The first-order valence-corrected chi connectivity index (χ1v) is 6.68. The summed E-state index contributed by atoms with van der Waals surface area (Å²) in [6.07, 6.45) is 3.24. The minimum Gasteiger partial charge on any atom is -0.397 e. The molecule has 1 aromatic carbocycles. The van der Waals surface area contributed by atoms with Crippen LogP contribution in [-0.4, -0.2) is 19.7 Å². The standard InChI is InChI=1S/C12H8IN5O2/c13-12-11-9(14)5-15-6-10(11)17(16-12)7-1-3-8(4-2-7)18(19)20/h1-6H,14H2. The van der Waals surface area contributed by atoms with E-state index in [9.17, 15) is 10.1 Å². The van der Waals surface area contributed by atoms with Gasteiger partial charge < -0.3 is 5.73 Å². The molecule has 100 valence electrons. The van der Waals surface area contributed by atoms with Gasteiger partial charge in [0.2, 0.25) is 0 Å². The van der Waals surface area contributed by atoms with Crippen molar-refractivity contribution in [3.05, 3.63) is 50.5 Å². The number of nitrogen functional groups attached to an aromatic ring is 1. The zero-order valence-electron chi connectivity index (χ0n) is 10.0. The lowest BCUT2D eigenvalue weighted by molar-refractivity contribution is -0.384. The third kappa shape index (κ3) is 1.97. The number of rotatable bonds is 2. The molecule has 2 heterocycles. The van der Waals surface area contributed by atoms with E-state index in [1.807, 2.05) is 0 Å². The van der Waals surface area contributed by atoms with Crippen LogP contribution in [0.3, 0.4) is 0 Å².